The van der Waals surface area contributed by atoms with Crippen molar-refractivity contribution in [2.45, 2.75) is 19.4 Å². The molecule has 0 bridgehead atoms. The molecule has 0 aromatic heterocycles. The Labute approximate surface area is 162 Å². The lowest BCUT2D eigenvalue weighted by Gasteiger charge is -2.15. The normalized spacial score (nSPS) is 17.6. The van der Waals surface area contributed by atoms with Crippen molar-refractivity contribution in [1.82, 2.24) is 0 Å². The van der Waals surface area contributed by atoms with Crippen molar-refractivity contribution in [3.8, 4) is 5.75 Å². The molecule has 1 atom stereocenters. The van der Waals surface area contributed by atoms with Gasteiger partial charge in [0.05, 0.1) is 17.6 Å². The standard InChI is InChI=1S/C21H21NO6/c1-14-16(10-11-27-14)12-17-8-9-18(22(24)25)19(21(17)28-13-26-2)20(23)15-6-4-3-5-7-15/h3-9,12,14H,10-11,13H2,1-2H3/b16-12-. The molecule has 0 saturated carbocycles. The molecule has 3 rings (SSSR count). The largest absolute Gasteiger partial charge is 0.466 e. The summed E-state index contributed by atoms with van der Waals surface area (Å²) >= 11 is 0. The van der Waals surface area contributed by atoms with Crippen LogP contribution in [0.4, 0.5) is 5.69 Å². The number of hydrogen-bond donors (Lipinski definition) is 0. The molecule has 2 aromatic carbocycles. The number of methoxy groups -OCH3 is 1. The number of nitro groups is 1. The second-order valence-electron chi connectivity index (χ2n) is 6.36. The molecule has 1 unspecified atom stereocenters. The third-order valence-corrected chi connectivity index (χ3v) is 4.57. The van der Waals surface area contributed by atoms with E-state index in [4.69, 9.17) is 14.2 Å². The Bertz CT molecular complexity index is 907. The summed E-state index contributed by atoms with van der Waals surface area (Å²) in [7, 11) is 1.45. The van der Waals surface area contributed by atoms with E-state index in [0.717, 1.165) is 12.0 Å². The minimum absolute atomic E-state index is 0.0567. The zero-order valence-electron chi connectivity index (χ0n) is 15.7. The van der Waals surface area contributed by atoms with Gasteiger partial charge in [0.15, 0.2) is 6.79 Å². The highest BCUT2D eigenvalue weighted by atomic mass is 16.7. The predicted octanol–water partition coefficient (Wildman–Crippen LogP) is 4.00. The van der Waals surface area contributed by atoms with Crippen LogP contribution in [-0.2, 0) is 9.47 Å². The van der Waals surface area contributed by atoms with Crippen molar-refractivity contribution in [2.75, 3.05) is 20.5 Å². The Morgan fingerprint density at radius 3 is 2.64 bits per heavy atom. The lowest BCUT2D eigenvalue weighted by atomic mass is 9.96. The predicted molar refractivity (Wildman–Crippen MR) is 103 cm³/mol. The van der Waals surface area contributed by atoms with Crippen LogP contribution in [0.1, 0.15) is 34.8 Å². The van der Waals surface area contributed by atoms with Crippen molar-refractivity contribution < 1.29 is 23.9 Å². The smallest absolute Gasteiger partial charge is 0.284 e. The SMILES string of the molecule is COCOc1c(/C=C2/CCOC2C)ccc([N+](=O)[O-])c1C(=O)c1ccccc1. The van der Waals surface area contributed by atoms with Gasteiger partial charge in [-0.1, -0.05) is 30.3 Å². The first-order valence-electron chi connectivity index (χ1n) is 8.88. The summed E-state index contributed by atoms with van der Waals surface area (Å²) in [6.07, 6.45) is 2.57. The molecule has 1 fully saturated rings. The van der Waals surface area contributed by atoms with Gasteiger partial charge in [-0.3, -0.25) is 14.9 Å². The van der Waals surface area contributed by atoms with Gasteiger partial charge in [-0.25, -0.2) is 0 Å². The van der Waals surface area contributed by atoms with E-state index in [9.17, 15) is 14.9 Å². The Hall–Kier alpha value is -3.03. The Morgan fingerprint density at radius 2 is 2.04 bits per heavy atom. The Kier molecular flexibility index (Phi) is 6.18. The second-order valence-corrected chi connectivity index (χ2v) is 6.36. The zero-order chi connectivity index (χ0) is 20.1. The summed E-state index contributed by atoms with van der Waals surface area (Å²) in [5.41, 5.74) is 1.56. The Morgan fingerprint density at radius 1 is 1.29 bits per heavy atom. The summed E-state index contributed by atoms with van der Waals surface area (Å²) in [6.45, 7) is 2.42. The minimum Gasteiger partial charge on any atom is -0.466 e. The number of carbonyl (C=O) groups is 1. The van der Waals surface area contributed by atoms with Gasteiger partial charge in [0.25, 0.3) is 5.69 Å². The first-order valence-corrected chi connectivity index (χ1v) is 8.88. The van der Waals surface area contributed by atoms with E-state index >= 15 is 0 Å². The van der Waals surface area contributed by atoms with Gasteiger partial charge in [0, 0.05) is 24.3 Å². The molecule has 0 N–H and O–H groups in total. The molecule has 0 radical (unpaired) electrons. The van der Waals surface area contributed by atoms with Crippen LogP contribution in [0.2, 0.25) is 0 Å². The topological polar surface area (TPSA) is 87.9 Å². The molecule has 1 heterocycles. The zero-order valence-corrected chi connectivity index (χ0v) is 15.7. The van der Waals surface area contributed by atoms with Gasteiger partial charge in [-0.2, -0.15) is 0 Å². The number of rotatable bonds is 7. The van der Waals surface area contributed by atoms with E-state index in [0.29, 0.717) is 17.7 Å². The quantitative estimate of drug-likeness (QED) is 0.311. The summed E-state index contributed by atoms with van der Waals surface area (Å²) in [5, 5.41) is 11.6. The summed E-state index contributed by atoms with van der Waals surface area (Å²) < 4.78 is 16.2. The maximum atomic E-state index is 13.1. The molecule has 28 heavy (non-hydrogen) atoms. The number of nitro benzene ring substituents is 1. The van der Waals surface area contributed by atoms with Gasteiger partial charge in [0.2, 0.25) is 5.78 Å². The summed E-state index contributed by atoms with van der Waals surface area (Å²) in [6, 6.07) is 11.3. The highest BCUT2D eigenvalue weighted by Gasteiger charge is 2.29. The van der Waals surface area contributed by atoms with Crippen molar-refractivity contribution in [3.05, 3.63) is 74.8 Å². The highest BCUT2D eigenvalue weighted by molar-refractivity contribution is 6.14. The highest BCUT2D eigenvalue weighted by Crippen LogP contribution is 2.36. The monoisotopic (exact) mass is 383 g/mol. The molecule has 7 nitrogen and oxygen atoms in total. The van der Waals surface area contributed by atoms with Crippen molar-refractivity contribution in [1.29, 1.82) is 0 Å². The molecule has 1 aliphatic heterocycles. The summed E-state index contributed by atoms with van der Waals surface area (Å²) in [4.78, 5) is 24.2. The average Bonchev–Trinajstić information content (AvgIpc) is 3.11. The molecule has 0 aliphatic carbocycles. The summed E-state index contributed by atoms with van der Waals surface area (Å²) in [5.74, 6) is -0.342. The van der Waals surface area contributed by atoms with Crippen LogP contribution < -0.4 is 4.74 Å². The second kappa shape index (κ2) is 8.77. The van der Waals surface area contributed by atoms with Gasteiger partial charge in [0.1, 0.15) is 11.3 Å². The maximum absolute atomic E-state index is 13.1. The third kappa shape index (κ3) is 4.11. The van der Waals surface area contributed by atoms with E-state index in [1.54, 1.807) is 36.4 Å². The van der Waals surface area contributed by atoms with E-state index in [2.05, 4.69) is 0 Å². The molecule has 146 valence electrons. The number of hydrogen-bond acceptors (Lipinski definition) is 6. The van der Waals surface area contributed by atoms with Crippen LogP contribution in [0.15, 0.2) is 48.0 Å². The lowest BCUT2D eigenvalue weighted by molar-refractivity contribution is -0.385. The van der Waals surface area contributed by atoms with E-state index < -0.39 is 10.7 Å². The van der Waals surface area contributed by atoms with Gasteiger partial charge < -0.3 is 14.2 Å². The van der Waals surface area contributed by atoms with Crippen molar-refractivity contribution in [2.24, 2.45) is 0 Å². The van der Waals surface area contributed by atoms with Crippen LogP contribution in [0, 0.1) is 10.1 Å². The van der Waals surface area contributed by atoms with E-state index in [1.165, 1.54) is 13.2 Å². The number of nitrogens with zero attached hydrogens (tertiary/aromatic N) is 1. The van der Waals surface area contributed by atoms with Crippen LogP contribution >= 0.6 is 0 Å². The fourth-order valence-corrected chi connectivity index (χ4v) is 3.13. The number of ether oxygens (including phenoxy) is 3. The fourth-order valence-electron chi connectivity index (χ4n) is 3.13. The van der Waals surface area contributed by atoms with E-state index in [-0.39, 0.29) is 29.9 Å². The molecule has 2 aromatic rings. The molecule has 1 saturated heterocycles. The van der Waals surface area contributed by atoms with Gasteiger partial charge in [-0.05, 0) is 31.1 Å². The lowest BCUT2D eigenvalue weighted by Crippen LogP contribution is -2.12. The van der Waals surface area contributed by atoms with Gasteiger partial charge in [-0.15, -0.1) is 0 Å². The number of benzene rings is 2. The third-order valence-electron chi connectivity index (χ3n) is 4.57. The van der Waals surface area contributed by atoms with Crippen LogP contribution in [0.5, 0.6) is 5.75 Å². The van der Waals surface area contributed by atoms with Crippen LogP contribution in [-0.4, -0.2) is 37.3 Å². The molecule has 0 spiro atoms. The molecular formula is C21H21NO6. The van der Waals surface area contributed by atoms with Crippen molar-refractivity contribution in [3.63, 3.8) is 0 Å². The number of carbonyl (C=O) groups excluding carboxylic acids is 1. The first-order chi connectivity index (χ1) is 13.5. The van der Waals surface area contributed by atoms with E-state index in [1.807, 2.05) is 13.0 Å². The van der Waals surface area contributed by atoms with Gasteiger partial charge >= 0.3 is 0 Å². The van der Waals surface area contributed by atoms with Crippen molar-refractivity contribution >= 4 is 17.5 Å². The maximum Gasteiger partial charge on any atom is 0.284 e. The van der Waals surface area contributed by atoms with Crippen LogP contribution in [0.3, 0.4) is 0 Å². The average molecular weight is 383 g/mol. The molecule has 7 heteroatoms. The number of ketones is 1. The molecule has 1 aliphatic rings. The molecular weight excluding hydrogens is 362 g/mol. The fraction of sp³-hybridized carbons (Fsp3) is 0.286. The molecule has 0 amide bonds. The Balaban J connectivity index is 2.19. The van der Waals surface area contributed by atoms with Crippen LogP contribution in [0.25, 0.3) is 6.08 Å². The first kappa shape index (κ1) is 19.7. The minimum atomic E-state index is -0.575.